The molecule has 0 aliphatic rings. The van der Waals surface area contributed by atoms with Crippen LogP contribution in [0.15, 0.2) is 30.3 Å². The van der Waals surface area contributed by atoms with Crippen LogP contribution in [0.25, 0.3) is 0 Å². The van der Waals surface area contributed by atoms with Crippen molar-refractivity contribution < 1.29 is 24.2 Å². The topological polar surface area (TPSA) is 105 Å². The van der Waals surface area contributed by atoms with Gasteiger partial charge in [-0.1, -0.05) is 44.2 Å². The first-order valence-electron chi connectivity index (χ1n) is 8.70. The molecule has 0 unspecified atom stereocenters. The zero-order valence-corrected chi connectivity index (χ0v) is 17.0. The number of thiol groups is 1. The van der Waals surface area contributed by atoms with Crippen molar-refractivity contribution in [2.75, 3.05) is 6.61 Å². The Bertz CT molecular complexity index is 649. The molecule has 1 rings (SSSR count). The standard InChI is InChI=1S/C19H28N2O5S/c1-12(2)15(27)16(22)21-19(3,4)18(25)20-14(17(23)24)11-26-10-13-8-6-5-7-9-13/h5-9,12,14-15,27H,10-11H2,1-4H3,(H,20,25)(H,21,22)(H,23,24)/t14-,15-/m0/s1. The van der Waals surface area contributed by atoms with Crippen LogP contribution < -0.4 is 10.6 Å². The zero-order chi connectivity index (χ0) is 20.6. The minimum atomic E-state index is -1.29. The summed E-state index contributed by atoms with van der Waals surface area (Å²) in [4.78, 5) is 36.0. The largest absolute Gasteiger partial charge is 0.480 e. The summed E-state index contributed by atoms with van der Waals surface area (Å²) >= 11 is 4.23. The second-order valence-corrected chi connectivity index (χ2v) is 7.72. The van der Waals surface area contributed by atoms with Gasteiger partial charge in [-0.15, -0.1) is 0 Å². The Kier molecular flexibility index (Phi) is 8.78. The van der Waals surface area contributed by atoms with E-state index in [2.05, 4.69) is 23.3 Å². The minimum Gasteiger partial charge on any atom is -0.480 e. The van der Waals surface area contributed by atoms with Crippen molar-refractivity contribution in [3.8, 4) is 0 Å². The van der Waals surface area contributed by atoms with Gasteiger partial charge in [0.2, 0.25) is 11.8 Å². The predicted octanol–water partition coefficient (Wildman–Crippen LogP) is 1.62. The van der Waals surface area contributed by atoms with Crippen LogP contribution in [0.2, 0.25) is 0 Å². The molecule has 1 aromatic rings. The van der Waals surface area contributed by atoms with E-state index in [9.17, 15) is 19.5 Å². The van der Waals surface area contributed by atoms with Gasteiger partial charge in [-0.05, 0) is 25.3 Å². The van der Waals surface area contributed by atoms with Gasteiger partial charge in [0, 0.05) is 0 Å². The fraction of sp³-hybridized carbons (Fsp3) is 0.526. The first-order chi connectivity index (χ1) is 12.5. The van der Waals surface area contributed by atoms with Crippen LogP contribution in [0.1, 0.15) is 33.3 Å². The van der Waals surface area contributed by atoms with Crippen LogP contribution in [0.3, 0.4) is 0 Å². The van der Waals surface area contributed by atoms with Crippen molar-refractivity contribution in [1.29, 1.82) is 0 Å². The summed E-state index contributed by atoms with van der Waals surface area (Å²) in [6, 6.07) is 8.06. The molecule has 0 aromatic heterocycles. The number of carbonyl (C=O) groups is 3. The lowest BCUT2D eigenvalue weighted by molar-refractivity contribution is -0.145. The number of hydrogen-bond donors (Lipinski definition) is 4. The van der Waals surface area contributed by atoms with E-state index in [1.807, 2.05) is 44.2 Å². The number of carboxylic acid groups (broad SMARTS) is 1. The normalized spacial score (nSPS) is 13.7. The summed E-state index contributed by atoms with van der Waals surface area (Å²) in [6.07, 6.45) is 0. The molecule has 3 N–H and O–H groups in total. The highest BCUT2D eigenvalue weighted by Crippen LogP contribution is 2.12. The second kappa shape index (κ2) is 10.3. The zero-order valence-electron chi connectivity index (χ0n) is 16.1. The molecule has 0 saturated carbocycles. The number of amides is 2. The number of ether oxygens (including phenoxy) is 1. The van der Waals surface area contributed by atoms with Crippen molar-refractivity contribution >= 4 is 30.4 Å². The molecule has 2 atom stereocenters. The van der Waals surface area contributed by atoms with Crippen molar-refractivity contribution in [2.24, 2.45) is 5.92 Å². The van der Waals surface area contributed by atoms with Gasteiger partial charge in [0.05, 0.1) is 18.5 Å². The van der Waals surface area contributed by atoms with Crippen molar-refractivity contribution in [1.82, 2.24) is 10.6 Å². The summed E-state index contributed by atoms with van der Waals surface area (Å²) in [6.45, 7) is 6.73. The molecule has 0 spiro atoms. The van der Waals surface area contributed by atoms with E-state index in [4.69, 9.17) is 4.74 Å². The summed E-state index contributed by atoms with van der Waals surface area (Å²) < 4.78 is 5.41. The molecule has 0 aliphatic carbocycles. The third-order valence-corrected chi connectivity index (χ3v) is 4.73. The Hall–Kier alpha value is -2.06. The third-order valence-electron chi connectivity index (χ3n) is 3.90. The molecular formula is C19H28N2O5S. The number of nitrogens with one attached hydrogen (secondary N) is 2. The fourth-order valence-electron chi connectivity index (χ4n) is 2.12. The summed E-state index contributed by atoms with van der Waals surface area (Å²) in [5.74, 6) is -2.23. The van der Waals surface area contributed by atoms with Crippen molar-refractivity contribution in [3.63, 3.8) is 0 Å². The van der Waals surface area contributed by atoms with E-state index >= 15 is 0 Å². The van der Waals surface area contributed by atoms with Gasteiger partial charge in [0.1, 0.15) is 5.54 Å². The van der Waals surface area contributed by atoms with Crippen molar-refractivity contribution in [3.05, 3.63) is 35.9 Å². The van der Waals surface area contributed by atoms with Crippen LogP contribution in [0.5, 0.6) is 0 Å². The summed E-state index contributed by atoms with van der Waals surface area (Å²) in [5, 5.41) is 13.8. The van der Waals surface area contributed by atoms with Crippen LogP contribution >= 0.6 is 12.6 Å². The molecule has 2 amide bonds. The highest BCUT2D eigenvalue weighted by Gasteiger charge is 2.34. The number of carboxylic acids is 1. The maximum Gasteiger partial charge on any atom is 0.328 e. The molecule has 0 saturated heterocycles. The highest BCUT2D eigenvalue weighted by molar-refractivity contribution is 7.81. The van der Waals surface area contributed by atoms with E-state index in [1.54, 1.807) is 0 Å². The fourth-order valence-corrected chi connectivity index (χ4v) is 2.19. The van der Waals surface area contributed by atoms with E-state index < -0.39 is 28.7 Å². The molecule has 0 aliphatic heterocycles. The van der Waals surface area contributed by atoms with Gasteiger partial charge in [-0.2, -0.15) is 12.6 Å². The van der Waals surface area contributed by atoms with E-state index in [1.165, 1.54) is 13.8 Å². The first kappa shape index (κ1) is 23.0. The molecule has 0 fully saturated rings. The molecular weight excluding hydrogens is 368 g/mol. The lowest BCUT2D eigenvalue weighted by Gasteiger charge is -2.29. The van der Waals surface area contributed by atoms with E-state index in [-0.39, 0.29) is 25.0 Å². The summed E-state index contributed by atoms with van der Waals surface area (Å²) in [5.41, 5.74) is -0.394. The molecule has 0 bridgehead atoms. The van der Waals surface area contributed by atoms with E-state index in [0.29, 0.717) is 0 Å². The molecule has 0 radical (unpaired) electrons. The number of carbonyl (C=O) groups excluding carboxylic acids is 2. The number of rotatable bonds is 10. The predicted molar refractivity (Wildman–Crippen MR) is 105 cm³/mol. The van der Waals surface area contributed by atoms with Gasteiger partial charge >= 0.3 is 5.97 Å². The van der Waals surface area contributed by atoms with Gasteiger partial charge in [-0.25, -0.2) is 4.79 Å². The highest BCUT2D eigenvalue weighted by atomic mass is 32.1. The maximum absolute atomic E-state index is 12.5. The Morgan fingerprint density at radius 3 is 2.30 bits per heavy atom. The van der Waals surface area contributed by atoms with Gasteiger partial charge in [0.15, 0.2) is 6.04 Å². The number of aliphatic carboxylic acids is 1. The van der Waals surface area contributed by atoms with Gasteiger partial charge < -0.3 is 20.5 Å². The lowest BCUT2D eigenvalue weighted by Crippen LogP contribution is -2.59. The molecule has 150 valence electrons. The van der Waals surface area contributed by atoms with Crippen molar-refractivity contribution in [2.45, 2.75) is 51.1 Å². The van der Waals surface area contributed by atoms with E-state index in [0.717, 1.165) is 5.56 Å². The maximum atomic E-state index is 12.5. The molecule has 1 aromatic carbocycles. The Balaban J connectivity index is 2.62. The Labute approximate surface area is 165 Å². The van der Waals surface area contributed by atoms with Crippen LogP contribution in [-0.4, -0.2) is 46.3 Å². The van der Waals surface area contributed by atoms with Crippen LogP contribution in [0.4, 0.5) is 0 Å². The molecule has 27 heavy (non-hydrogen) atoms. The second-order valence-electron chi connectivity index (χ2n) is 7.17. The SMILES string of the molecule is CC(C)[C@H](S)C(=O)NC(C)(C)C(=O)N[C@@H](COCc1ccccc1)C(=O)O. The van der Waals surface area contributed by atoms with Crippen LogP contribution in [-0.2, 0) is 25.7 Å². The Morgan fingerprint density at radius 1 is 1.19 bits per heavy atom. The van der Waals surface area contributed by atoms with Gasteiger partial charge in [0.25, 0.3) is 0 Å². The number of benzene rings is 1. The monoisotopic (exact) mass is 396 g/mol. The lowest BCUT2D eigenvalue weighted by atomic mass is 10.0. The molecule has 8 heteroatoms. The van der Waals surface area contributed by atoms with Gasteiger partial charge in [-0.3, -0.25) is 9.59 Å². The number of hydrogen-bond acceptors (Lipinski definition) is 5. The average Bonchev–Trinajstić information content (AvgIpc) is 2.60. The Morgan fingerprint density at radius 2 is 1.78 bits per heavy atom. The first-order valence-corrected chi connectivity index (χ1v) is 9.21. The quantitative estimate of drug-likeness (QED) is 0.450. The third kappa shape index (κ3) is 7.60. The minimum absolute atomic E-state index is 0.00894. The molecule has 0 heterocycles. The average molecular weight is 397 g/mol. The van der Waals surface area contributed by atoms with Crippen LogP contribution in [0, 0.1) is 5.92 Å². The summed E-state index contributed by atoms with van der Waals surface area (Å²) in [7, 11) is 0. The smallest absolute Gasteiger partial charge is 0.328 e. The molecule has 7 nitrogen and oxygen atoms in total.